The Kier molecular flexibility index (Phi) is 4.12. The second-order valence-corrected chi connectivity index (χ2v) is 8.15. The van der Waals surface area contributed by atoms with Gasteiger partial charge in [0.25, 0.3) is 0 Å². The Morgan fingerprint density at radius 3 is 1.94 bits per heavy atom. The summed E-state index contributed by atoms with van der Waals surface area (Å²) in [5.74, 6) is -2.14. The summed E-state index contributed by atoms with van der Waals surface area (Å²) in [4.78, 5) is 10.5. The molecule has 0 saturated carbocycles. The van der Waals surface area contributed by atoms with Crippen LogP contribution in [-0.4, -0.2) is 45.7 Å². The van der Waals surface area contributed by atoms with E-state index >= 15 is 0 Å². The van der Waals surface area contributed by atoms with Crippen LogP contribution in [0.4, 0.5) is 0 Å². The van der Waals surface area contributed by atoms with E-state index in [9.17, 15) is 21.6 Å². The first-order valence-electron chi connectivity index (χ1n) is 4.86. The Bertz CT molecular complexity index is 640. The van der Waals surface area contributed by atoms with Crippen molar-refractivity contribution in [3.05, 3.63) is 29.8 Å². The van der Waals surface area contributed by atoms with Gasteiger partial charge in [-0.25, -0.2) is 21.6 Å². The summed E-state index contributed by atoms with van der Waals surface area (Å²) >= 11 is 0. The predicted octanol–water partition coefficient (Wildman–Crippen LogP) is 0.203. The number of sulfone groups is 2. The average molecular weight is 292 g/mol. The number of carboxylic acids is 1. The van der Waals surface area contributed by atoms with Gasteiger partial charge in [-0.1, -0.05) is 0 Å². The topological polar surface area (TPSA) is 106 Å². The van der Waals surface area contributed by atoms with Crippen LogP contribution in [0.15, 0.2) is 29.2 Å². The van der Waals surface area contributed by atoms with Gasteiger partial charge in [-0.05, 0) is 24.3 Å². The van der Waals surface area contributed by atoms with E-state index in [2.05, 4.69) is 0 Å². The molecule has 0 aliphatic rings. The Labute approximate surface area is 105 Å². The highest BCUT2D eigenvalue weighted by Gasteiger charge is 2.17. The molecule has 0 saturated heterocycles. The number of carbonyl (C=O) groups is 1. The third kappa shape index (κ3) is 4.11. The maximum absolute atomic E-state index is 11.7. The molecule has 18 heavy (non-hydrogen) atoms. The smallest absolute Gasteiger partial charge is 0.335 e. The van der Waals surface area contributed by atoms with Crippen LogP contribution in [0, 0.1) is 0 Å². The lowest BCUT2D eigenvalue weighted by Crippen LogP contribution is -2.16. The molecule has 0 unspecified atom stereocenters. The molecule has 6 nitrogen and oxygen atoms in total. The number of benzene rings is 1. The molecule has 0 amide bonds. The molecule has 1 aromatic rings. The Hall–Kier alpha value is -1.41. The lowest BCUT2D eigenvalue weighted by atomic mass is 10.2. The van der Waals surface area contributed by atoms with E-state index in [4.69, 9.17) is 5.11 Å². The van der Waals surface area contributed by atoms with Crippen molar-refractivity contribution in [3.63, 3.8) is 0 Å². The zero-order valence-corrected chi connectivity index (χ0v) is 11.2. The molecule has 1 N–H and O–H groups in total. The highest BCUT2D eigenvalue weighted by atomic mass is 32.2. The summed E-state index contributed by atoms with van der Waals surface area (Å²) in [6.45, 7) is 0. The summed E-state index contributed by atoms with van der Waals surface area (Å²) in [6, 6.07) is 4.63. The quantitative estimate of drug-likeness (QED) is 0.831. The van der Waals surface area contributed by atoms with Crippen molar-refractivity contribution in [1.82, 2.24) is 0 Å². The minimum Gasteiger partial charge on any atom is -0.478 e. The monoisotopic (exact) mass is 292 g/mol. The molecular formula is C10H12O6S2. The normalized spacial score (nSPS) is 12.3. The number of hydrogen-bond donors (Lipinski definition) is 1. The van der Waals surface area contributed by atoms with Crippen LogP contribution in [0.5, 0.6) is 0 Å². The van der Waals surface area contributed by atoms with Gasteiger partial charge in [-0.15, -0.1) is 0 Å². The van der Waals surface area contributed by atoms with Crippen LogP contribution in [-0.2, 0) is 19.7 Å². The number of aromatic carboxylic acids is 1. The third-order valence-corrected chi connectivity index (χ3v) is 5.12. The first-order valence-corrected chi connectivity index (χ1v) is 8.57. The van der Waals surface area contributed by atoms with Crippen molar-refractivity contribution in [2.45, 2.75) is 4.90 Å². The molecule has 0 heterocycles. The minimum absolute atomic E-state index is 0.0305. The SMILES string of the molecule is CS(=O)(=O)CCS(=O)(=O)c1ccc(C(=O)O)cc1. The average Bonchev–Trinajstić information content (AvgIpc) is 2.26. The summed E-state index contributed by atoms with van der Waals surface area (Å²) in [5, 5.41) is 8.66. The molecule has 0 aliphatic carbocycles. The molecule has 1 rings (SSSR count). The van der Waals surface area contributed by atoms with E-state index in [0.29, 0.717) is 0 Å². The van der Waals surface area contributed by atoms with Gasteiger partial charge in [0.2, 0.25) is 0 Å². The Balaban J connectivity index is 2.96. The van der Waals surface area contributed by atoms with Crippen molar-refractivity contribution < 1.29 is 26.7 Å². The van der Waals surface area contributed by atoms with Gasteiger partial charge in [0.05, 0.1) is 22.0 Å². The molecule has 0 atom stereocenters. The van der Waals surface area contributed by atoms with Gasteiger partial charge >= 0.3 is 5.97 Å². The van der Waals surface area contributed by atoms with E-state index in [1.807, 2.05) is 0 Å². The lowest BCUT2D eigenvalue weighted by Gasteiger charge is -2.04. The van der Waals surface area contributed by atoms with Crippen molar-refractivity contribution in [2.75, 3.05) is 17.8 Å². The maximum atomic E-state index is 11.7. The van der Waals surface area contributed by atoms with E-state index in [0.717, 1.165) is 30.5 Å². The number of rotatable bonds is 5. The van der Waals surface area contributed by atoms with Crippen LogP contribution in [0.25, 0.3) is 0 Å². The minimum atomic E-state index is -3.71. The molecule has 0 aliphatic heterocycles. The van der Waals surface area contributed by atoms with Crippen molar-refractivity contribution in [2.24, 2.45) is 0 Å². The number of hydrogen-bond acceptors (Lipinski definition) is 5. The fourth-order valence-electron chi connectivity index (χ4n) is 1.18. The Morgan fingerprint density at radius 2 is 1.56 bits per heavy atom. The zero-order chi connectivity index (χ0) is 14.0. The van der Waals surface area contributed by atoms with Gasteiger partial charge in [-0.2, -0.15) is 0 Å². The second-order valence-electron chi connectivity index (χ2n) is 3.78. The maximum Gasteiger partial charge on any atom is 0.335 e. The highest BCUT2D eigenvalue weighted by molar-refractivity contribution is 7.94. The van der Waals surface area contributed by atoms with Crippen molar-refractivity contribution in [3.8, 4) is 0 Å². The summed E-state index contributed by atoms with van der Waals surface area (Å²) < 4.78 is 45.3. The molecule has 8 heteroatoms. The van der Waals surface area contributed by atoms with Crippen LogP contribution in [0.3, 0.4) is 0 Å². The molecule has 0 fully saturated rings. The van der Waals surface area contributed by atoms with Gasteiger partial charge in [-0.3, -0.25) is 0 Å². The molecule has 0 aromatic heterocycles. The molecule has 0 bridgehead atoms. The first-order chi connectivity index (χ1) is 8.12. The second kappa shape index (κ2) is 5.07. The molecule has 1 aromatic carbocycles. The summed E-state index contributed by atoms with van der Waals surface area (Å²) in [6.07, 6.45) is 0.954. The standard InChI is InChI=1S/C10H12O6S2/c1-17(13,14)6-7-18(15,16)9-4-2-8(3-5-9)10(11)12/h2-5H,6-7H2,1H3,(H,11,12). The summed E-state index contributed by atoms with van der Waals surface area (Å²) in [5.41, 5.74) is -0.0305. The van der Waals surface area contributed by atoms with E-state index in [1.54, 1.807) is 0 Å². The predicted molar refractivity (Wildman–Crippen MR) is 65.2 cm³/mol. The van der Waals surface area contributed by atoms with E-state index in [1.165, 1.54) is 0 Å². The van der Waals surface area contributed by atoms with Gasteiger partial charge in [0.15, 0.2) is 9.84 Å². The van der Waals surface area contributed by atoms with Crippen molar-refractivity contribution >= 4 is 25.6 Å². The van der Waals surface area contributed by atoms with Crippen LogP contribution < -0.4 is 0 Å². The van der Waals surface area contributed by atoms with Gasteiger partial charge in [0.1, 0.15) is 9.84 Å². The third-order valence-electron chi connectivity index (χ3n) is 2.18. The molecule has 0 spiro atoms. The fraction of sp³-hybridized carbons (Fsp3) is 0.300. The van der Waals surface area contributed by atoms with Crippen molar-refractivity contribution in [1.29, 1.82) is 0 Å². The van der Waals surface area contributed by atoms with Crippen LogP contribution in [0.1, 0.15) is 10.4 Å². The fourth-order valence-corrected chi connectivity index (χ4v) is 4.06. The van der Waals surface area contributed by atoms with Gasteiger partial charge in [0, 0.05) is 6.26 Å². The van der Waals surface area contributed by atoms with E-state index in [-0.39, 0.29) is 10.5 Å². The Morgan fingerprint density at radius 1 is 1.06 bits per heavy atom. The first kappa shape index (κ1) is 14.7. The zero-order valence-electron chi connectivity index (χ0n) is 9.53. The lowest BCUT2D eigenvalue weighted by molar-refractivity contribution is 0.0696. The van der Waals surface area contributed by atoms with Crippen LogP contribution in [0.2, 0.25) is 0 Å². The molecule has 100 valence electrons. The summed E-state index contributed by atoms with van der Waals surface area (Å²) in [7, 11) is -7.07. The van der Waals surface area contributed by atoms with E-state index < -0.39 is 37.1 Å². The largest absolute Gasteiger partial charge is 0.478 e. The highest BCUT2D eigenvalue weighted by Crippen LogP contribution is 2.13. The van der Waals surface area contributed by atoms with Crippen LogP contribution >= 0.6 is 0 Å². The molecule has 0 radical (unpaired) electrons. The van der Waals surface area contributed by atoms with Gasteiger partial charge < -0.3 is 5.11 Å². The number of carboxylic acid groups (broad SMARTS) is 1. The molecular weight excluding hydrogens is 280 g/mol.